The molecule has 0 aliphatic heterocycles. The van der Waals surface area contributed by atoms with Gasteiger partial charge in [0.15, 0.2) is 0 Å². The van der Waals surface area contributed by atoms with E-state index < -0.39 is 0 Å². The van der Waals surface area contributed by atoms with Gasteiger partial charge in [-0.1, -0.05) is 0 Å². The molecule has 0 radical (unpaired) electrons. The Kier molecular flexibility index (Phi) is 3.08. The van der Waals surface area contributed by atoms with Crippen LogP contribution in [0.4, 0.5) is 0 Å². The Hall–Kier alpha value is -0.570. The molecule has 1 N–H and O–H groups in total. The molecule has 0 saturated heterocycles. The first-order valence-corrected chi connectivity index (χ1v) is 11.1. The molecule has 8 aliphatic carbocycles. The van der Waals surface area contributed by atoms with E-state index >= 15 is 0 Å². The van der Waals surface area contributed by atoms with Crippen LogP contribution in [0.5, 0.6) is 0 Å². The predicted molar refractivity (Wildman–Crippen MR) is 98.2 cm³/mol. The summed E-state index contributed by atoms with van der Waals surface area (Å²) >= 11 is 0. The standard InChI is InChI=1S/C23H34O3/c1-26-19(25)21-6-17-3-18(7-21)11-23(10-17,13-21)22-8-15-2-16(9-22)5-20(4-15,12-22)14-24/h15-18,24H,2-14H2,1H3. The molecule has 8 aliphatic rings. The predicted octanol–water partition coefficient (Wildman–Crippen LogP) is 4.32. The van der Waals surface area contributed by atoms with Gasteiger partial charge in [-0.15, -0.1) is 0 Å². The number of hydrogen-bond donors (Lipinski definition) is 1. The molecule has 8 fully saturated rings. The molecule has 8 saturated carbocycles. The fourth-order valence-corrected chi connectivity index (χ4v) is 10.6. The molecule has 3 nitrogen and oxygen atoms in total. The van der Waals surface area contributed by atoms with Crippen LogP contribution < -0.4 is 0 Å². The summed E-state index contributed by atoms with van der Waals surface area (Å²) in [5.41, 5.74) is 0.820. The van der Waals surface area contributed by atoms with Crippen molar-refractivity contribution < 1.29 is 14.6 Å². The lowest BCUT2D eigenvalue weighted by molar-refractivity contribution is -0.245. The molecule has 0 aromatic rings. The van der Waals surface area contributed by atoms with Crippen molar-refractivity contribution in [1.82, 2.24) is 0 Å². The van der Waals surface area contributed by atoms with Gasteiger partial charge in [-0.05, 0) is 117 Å². The van der Waals surface area contributed by atoms with Crippen LogP contribution in [0.25, 0.3) is 0 Å². The summed E-state index contributed by atoms with van der Waals surface area (Å²) in [4.78, 5) is 12.9. The third-order valence-corrected chi connectivity index (χ3v) is 10.3. The Labute approximate surface area is 157 Å². The number of carbonyl (C=O) groups excluding carboxylic acids is 1. The largest absolute Gasteiger partial charge is 0.469 e. The van der Waals surface area contributed by atoms with E-state index in [9.17, 15) is 9.90 Å². The lowest BCUT2D eigenvalue weighted by Gasteiger charge is -2.73. The Morgan fingerprint density at radius 1 is 0.846 bits per heavy atom. The van der Waals surface area contributed by atoms with E-state index in [1.165, 1.54) is 57.8 Å². The maximum atomic E-state index is 12.9. The molecule has 0 heterocycles. The Morgan fingerprint density at radius 2 is 1.35 bits per heavy atom. The number of ether oxygens (including phenoxy) is 1. The Morgan fingerprint density at radius 3 is 1.85 bits per heavy atom. The van der Waals surface area contributed by atoms with Gasteiger partial charge >= 0.3 is 5.97 Å². The van der Waals surface area contributed by atoms with E-state index in [0.717, 1.165) is 42.9 Å². The van der Waals surface area contributed by atoms with Crippen molar-refractivity contribution in [2.24, 2.45) is 45.3 Å². The minimum Gasteiger partial charge on any atom is -0.469 e. The van der Waals surface area contributed by atoms with Gasteiger partial charge < -0.3 is 9.84 Å². The number of aliphatic hydroxyl groups is 1. The highest BCUT2D eigenvalue weighted by atomic mass is 16.5. The Balaban J connectivity index is 1.44. The summed E-state index contributed by atoms with van der Waals surface area (Å²) in [6.07, 6.45) is 15.3. The van der Waals surface area contributed by atoms with Crippen LogP contribution >= 0.6 is 0 Å². The third-order valence-electron chi connectivity index (χ3n) is 10.3. The topological polar surface area (TPSA) is 46.5 Å². The van der Waals surface area contributed by atoms with Crippen LogP contribution in [0.2, 0.25) is 0 Å². The second-order valence-electron chi connectivity index (χ2n) is 11.9. The zero-order chi connectivity index (χ0) is 17.8. The van der Waals surface area contributed by atoms with Crippen molar-refractivity contribution in [2.75, 3.05) is 13.7 Å². The molecule has 0 aromatic heterocycles. The third kappa shape index (κ3) is 1.87. The number of hydrogen-bond acceptors (Lipinski definition) is 3. The van der Waals surface area contributed by atoms with E-state index in [0.29, 0.717) is 17.4 Å². The molecule has 4 unspecified atom stereocenters. The van der Waals surface area contributed by atoms with Gasteiger partial charge in [0.1, 0.15) is 0 Å². The van der Waals surface area contributed by atoms with E-state index in [-0.39, 0.29) is 16.8 Å². The minimum absolute atomic E-state index is 0.0950. The minimum atomic E-state index is -0.172. The first-order valence-electron chi connectivity index (χ1n) is 11.1. The highest BCUT2D eigenvalue weighted by Crippen LogP contribution is 2.78. The highest BCUT2D eigenvalue weighted by molar-refractivity contribution is 5.77. The maximum Gasteiger partial charge on any atom is 0.311 e. The van der Waals surface area contributed by atoms with Gasteiger partial charge in [0.25, 0.3) is 0 Å². The number of aliphatic hydroxyl groups excluding tert-OH is 1. The molecule has 26 heavy (non-hydrogen) atoms. The number of carbonyl (C=O) groups is 1. The summed E-state index contributed by atoms with van der Waals surface area (Å²) in [6, 6.07) is 0. The second kappa shape index (κ2) is 4.88. The highest BCUT2D eigenvalue weighted by Gasteiger charge is 2.71. The average Bonchev–Trinajstić information content (AvgIpc) is 2.58. The molecule has 0 spiro atoms. The second-order valence-corrected chi connectivity index (χ2v) is 11.9. The van der Waals surface area contributed by atoms with Crippen LogP contribution in [0.3, 0.4) is 0 Å². The van der Waals surface area contributed by atoms with Crippen LogP contribution in [0.1, 0.15) is 77.0 Å². The molecule has 8 bridgehead atoms. The van der Waals surface area contributed by atoms with Crippen LogP contribution in [0, 0.1) is 45.3 Å². The summed E-state index contributed by atoms with van der Waals surface area (Å²) < 4.78 is 5.36. The summed E-state index contributed by atoms with van der Waals surface area (Å²) in [5.74, 6) is 3.26. The van der Waals surface area contributed by atoms with Gasteiger partial charge in [-0.2, -0.15) is 0 Å². The Bertz CT molecular complexity index is 624. The lowest BCUT2D eigenvalue weighted by Crippen LogP contribution is -2.66. The quantitative estimate of drug-likeness (QED) is 0.764. The lowest BCUT2D eigenvalue weighted by atomic mass is 9.31. The van der Waals surface area contributed by atoms with E-state index in [4.69, 9.17) is 4.74 Å². The van der Waals surface area contributed by atoms with Gasteiger partial charge in [-0.25, -0.2) is 0 Å². The first kappa shape index (κ1) is 16.4. The smallest absolute Gasteiger partial charge is 0.311 e. The van der Waals surface area contributed by atoms with Crippen molar-refractivity contribution in [3.63, 3.8) is 0 Å². The van der Waals surface area contributed by atoms with Gasteiger partial charge in [0.05, 0.1) is 12.5 Å². The first-order chi connectivity index (χ1) is 12.4. The molecule has 0 amide bonds. The van der Waals surface area contributed by atoms with Gasteiger partial charge in [0, 0.05) is 6.61 Å². The van der Waals surface area contributed by atoms with Crippen LogP contribution in [-0.2, 0) is 9.53 Å². The molecule has 3 heteroatoms. The molecular formula is C23H34O3. The van der Waals surface area contributed by atoms with Crippen molar-refractivity contribution in [1.29, 1.82) is 0 Å². The number of esters is 1. The van der Waals surface area contributed by atoms with E-state index in [1.807, 2.05) is 0 Å². The van der Waals surface area contributed by atoms with Gasteiger partial charge in [0.2, 0.25) is 0 Å². The zero-order valence-corrected chi connectivity index (χ0v) is 16.3. The summed E-state index contributed by atoms with van der Waals surface area (Å²) in [7, 11) is 1.60. The fourth-order valence-electron chi connectivity index (χ4n) is 10.6. The fraction of sp³-hybridized carbons (Fsp3) is 0.957. The number of rotatable bonds is 3. The van der Waals surface area contributed by atoms with Gasteiger partial charge in [-0.3, -0.25) is 4.79 Å². The zero-order valence-electron chi connectivity index (χ0n) is 16.3. The summed E-state index contributed by atoms with van der Waals surface area (Å²) in [5, 5.41) is 10.3. The van der Waals surface area contributed by atoms with Crippen molar-refractivity contribution in [3.05, 3.63) is 0 Å². The molecule has 8 rings (SSSR count). The molecular weight excluding hydrogens is 324 g/mol. The van der Waals surface area contributed by atoms with Crippen molar-refractivity contribution >= 4 is 5.97 Å². The SMILES string of the molecule is COC(=O)C12CC3CC(C1)CC(C14CC5CC(CC(CO)(C5)C1)C4)(C3)C2. The molecule has 4 atom stereocenters. The number of methoxy groups -OCH3 is 1. The van der Waals surface area contributed by atoms with E-state index in [1.54, 1.807) is 7.11 Å². The van der Waals surface area contributed by atoms with Crippen LogP contribution in [0.15, 0.2) is 0 Å². The summed E-state index contributed by atoms with van der Waals surface area (Å²) in [6.45, 7) is 0.396. The van der Waals surface area contributed by atoms with Crippen molar-refractivity contribution in [3.8, 4) is 0 Å². The molecule has 0 aromatic carbocycles. The van der Waals surface area contributed by atoms with Crippen molar-refractivity contribution in [2.45, 2.75) is 77.0 Å². The maximum absolute atomic E-state index is 12.9. The molecule has 144 valence electrons. The average molecular weight is 359 g/mol. The normalized spacial score (nSPS) is 59.0. The monoisotopic (exact) mass is 358 g/mol. The van der Waals surface area contributed by atoms with E-state index in [2.05, 4.69) is 0 Å². The van der Waals surface area contributed by atoms with Crippen LogP contribution in [-0.4, -0.2) is 24.8 Å².